The van der Waals surface area contributed by atoms with Crippen molar-refractivity contribution in [1.82, 2.24) is 0 Å². The van der Waals surface area contributed by atoms with Crippen LogP contribution in [0.5, 0.6) is 0 Å². The van der Waals surface area contributed by atoms with E-state index in [1.807, 2.05) is 13.0 Å². The van der Waals surface area contributed by atoms with Crippen LogP contribution in [0.1, 0.15) is 29.4 Å². The van der Waals surface area contributed by atoms with Gasteiger partial charge in [0, 0.05) is 5.92 Å². The van der Waals surface area contributed by atoms with Gasteiger partial charge in [-0.1, -0.05) is 6.92 Å². The minimum Gasteiger partial charge on any atom is -0.481 e. The van der Waals surface area contributed by atoms with Crippen LogP contribution < -0.4 is 0 Å². The van der Waals surface area contributed by atoms with Crippen molar-refractivity contribution in [3.63, 3.8) is 0 Å². The van der Waals surface area contributed by atoms with Crippen LogP contribution in [0.2, 0.25) is 0 Å². The van der Waals surface area contributed by atoms with E-state index in [1.54, 1.807) is 6.07 Å². The Bertz CT molecular complexity index is 454. The highest BCUT2D eigenvalue weighted by molar-refractivity contribution is 9.11. The smallest absolute Gasteiger partial charge is 0.307 e. The molecular formula is C12H13BrO3S. The van der Waals surface area contributed by atoms with Crippen LogP contribution in [0, 0.1) is 17.8 Å². The van der Waals surface area contributed by atoms with E-state index < -0.39 is 11.9 Å². The van der Waals surface area contributed by atoms with E-state index in [9.17, 15) is 9.59 Å². The summed E-state index contributed by atoms with van der Waals surface area (Å²) in [6.07, 6.45) is 1.30. The SMILES string of the molecule is CC1CC(C(=O)O)C(C(=O)c2ccc(Br)s2)C1. The van der Waals surface area contributed by atoms with Gasteiger partial charge >= 0.3 is 5.97 Å². The fraction of sp³-hybridized carbons (Fsp3) is 0.500. The standard InChI is InChI=1S/C12H13BrO3S/c1-6-4-7(8(5-6)12(15)16)11(14)9-2-3-10(13)17-9/h2-3,6-8H,4-5H2,1H3,(H,15,16). The molecule has 0 saturated heterocycles. The second-order valence-electron chi connectivity index (χ2n) is 4.60. The Kier molecular flexibility index (Phi) is 3.68. The van der Waals surface area contributed by atoms with Gasteiger partial charge in [0.2, 0.25) is 0 Å². The molecule has 0 amide bonds. The van der Waals surface area contributed by atoms with Crippen LogP contribution in [0.3, 0.4) is 0 Å². The molecule has 0 aromatic carbocycles. The van der Waals surface area contributed by atoms with Crippen molar-refractivity contribution in [3.8, 4) is 0 Å². The van der Waals surface area contributed by atoms with Gasteiger partial charge in [-0.15, -0.1) is 11.3 Å². The Morgan fingerprint density at radius 2 is 2.00 bits per heavy atom. The molecule has 1 saturated carbocycles. The summed E-state index contributed by atoms with van der Waals surface area (Å²) in [6, 6.07) is 3.59. The maximum absolute atomic E-state index is 12.2. The van der Waals surface area contributed by atoms with Crippen molar-refractivity contribution in [2.75, 3.05) is 0 Å². The summed E-state index contributed by atoms with van der Waals surface area (Å²) in [5.74, 6) is -1.42. The fourth-order valence-electron chi connectivity index (χ4n) is 2.48. The van der Waals surface area contributed by atoms with Gasteiger partial charge in [0.05, 0.1) is 14.6 Å². The predicted octanol–water partition coefficient (Wildman–Crippen LogP) is 3.44. The van der Waals surface area contributed by atoms with Gasteiger partial charge in [0.15, 0.2) is 5.78 Å². The number of carbonyl (C=O) groups is 2. The van der Waals surface area contributed by atoms with E-state index in [0.717, 1.165) is 3.79 Å². The maximum atomic E-state index is 12.2. The lowest BCUT2D eigenvalue weighted by molar-refractivity contribution is -0.142. The van der Waals surface area contributed by atoms with Crippen LogP contribution in [0.15, 0.2) is 15.9 Å². The molecule has 17 heavy (non-hydrogen) atoms. The third-order valence-electron chi connectivity index (χ3n) is 3.27. The van der Waals surface area contributed by atoms with Gasteiger partial charge in [-0.05, 0) is 46.8 Å². The number of carboxylic acid groups (broad SMARTS) is 1. The molecule has 1 aliphatic rings. The molecule has 1 aliphatic carbocycles. The first-order valence-electron chi connectivity index (χ1n) is 5.51. The van der Waals surface area contributed by atoms with E-state index in [1.165, 1.54) is 11.3 Å². The molecule has 3 atom stereocenters. The Labute approximate surface area is 112 Å². The number of carboxylic acids is 1. The highest BCUT2D eigenvalue weighted by atomic mass is 79.9. The molecule has 0 aliphatic heterocycles. The minimum atomic E-state index is -0.844. The molecule has 1 aromatic rings. The highest BCUT2D eigenvalue weighted by Gasteiger charge is 2.41. The average Bonchev–Trinajstić information content (AvgIpc) is 2.83. The number of thiophene rings is 1. The van der Waals surface area contributed by atoms with Crippen LogP contribution in [0.4, 0.5) is 0 Å². The second-order valence-corrected chi connectivity index (χ2v) is 7.06. The Morgan fingerprint density at radius 3 is 2.53 bits per heavy atom. The molecule has 1 fully saturated rings. The van der Waals surface area contributed by atoms with Crippen molar-refractivity contribution in [1.29, 1.82) is 0 Å². The molecule has 0 radical (unpaired) electrons. The molecule has 92 valence electrons. The highest BCUT2D eigenvalue weighted by Crippen LogP contribution is 2.39. The number of hydrogen-bond acceptors (Lipinski definition) is 3. The van der Waals surface area contributed by atoms with E-state index in [0.29, 0.717) is 23.6 Å². The number of carbonyl (C=O) groups excluding carboxylic acids is 1. The van der Waals surface area contributed by atoms with E-state index >= 15 is 0 Å². The Morgan fingerprint density at radius 1 is 1.35 bits per heavy atom. The summed E-state index contributed by atoms with van der Waals surface area (Å²) in [4.78, 5) is 24.0. The van der Waals surface area contributed by atoms with Crippen molar-refractivity contribution in [2.24, 2.45) is 17.8 Å². The van der Waals surface area contributed by atoms with E-state index in [-0.39, 0.29) is 11.7 Å². The third-order valence-corrected chi connectivity index (χ3v) is 4.91. The Balaban J connectivity index is 2.21. The predicted molar refractivity (Wildman–Crippen MR) is 69.4 cm³/mol. The van der Waals surface area contributed by atoms with E-state index in [4.69, 9.17) is 5.11 Å². The van der Waals surface area contributed by atoms with Gasteiger partial charge in [-0.2, -0.15) is 0 Å². The molecule has 0 spiro atoms. The second kappa shape index (κ2) is 4.90. The van der Waals surface area contributed by atoms with Crippen molar-refractivity contribution in [3.05, 3.63) is 20.8 Å². The molecule has 2 rings (SSSR count). The van der Waals surface area contributed by atoms with Crippen LogP contribution in [0.25, 0.3) is 0 Å². The van der Waals surface area contributed by atoms with Gasteiger partial charge < -0.3 is 5.11 Å². The van der Waals surface area contributed by atoms with Crippen LogP contribution in [-0.4, -0.2) is 16.9 Å². The largest absolute Gasteiger partial charge is 0.481 e. The fourth-order valence-corrected chi connectivity index (χ4v) is 3.87. The molecule has 3 nitrogen and oxygen atoms in total. The number of aliphatic carboxylic acids is 1. The summed E-state index contributed by atoms with van der Waals surface area (Å²) in [5, 5.41) is 9.14. The normalized spacial score (nSPS) is 28.2. The zero-order valence-electron chi connectivity index (χ0n) is 9.35. The molecule has 0 bridgehead atoms. The average molecular weight is 317 g/mol. The lowest BCUT2D eigenvalue weighted by atomic mass is 9.91. The van der Waals surface area contributed by atoms with E-state index in [2.05, 4.69) is 15.9 Å². The first-order chi connectivity index (χ1) is 7.99. The number of Topliss-reactive ketones (excluding diaryl/α,β-unsaturated/α-hetero) is 1. The number of ketones is 1. The minimum absolute atomic E-state index is 0.0162. The molecule has 1 heterocycles. The molecule has 3 unspecified atom stereocenters. The third kappa shape index (κ3) is 2.60. The van der Waals surface area contributed by atoms with Gasteiger partial charge in [-0.3, -0.25) is 9.59 Å². The topological polar surface area (TPSA) is 54.4 Å². The summed E-state index contributed by atoms with van der Waals surface area (Å²) in [5.41, 5.74) is 0. The van der Waals surface area contributed by atoms with Gasteiger partial charge in [0.25, 0.3) is 0 Å². The van der Waals surface area contributed by atoms with Crippen LogP contribution in [-0.2, 0) is 4.79 Å². The number of halogens is 1. The lowest BCUT2D eigenvalue weighted by Gasteiger charge is -2.12. The van der Waals surface area contributed by atoms with Gasteiger partial charge in [0.1, 0.15) is 0 Å². The number of hydrogen-bond donors (Lipinski definition) is 1. The van der Waals surface area contributed by atoms with Crippen molar-refractivity contribution >= 4 is 39.0 Å². The monoisotopic (exact) mass is 316 g/mol. The molecular weight excluding hydrogens is 304 g/mol. The molecule has 1 N–H and O–H groups in total. The Hall–Kier alpha value is -0.680. The maximum Gasteiger partial charge on any atom is 0.307 e. The summed E-state index contributed by atoms with van der Waals surface area (Å²) in [6.45, 7) is 2.01. The molecule has 1 aromatic heterocycles. The van der Waals surface area contributed by atoms with Crippen LogP contribution >= 0.6 is 27.3 Å². The zero-order chi connectivity index (χ0) is 12.6. The summed E-state index contributed by atoms with van der Waals surface area (Å²) in [7, 11) is 0. The zero-order valence-corrected chi connectivity index (χ0v) is 11.8. The molecule has 5 heteroatoms. The first kappa shape index (κ1) is 12.8. The van der Waals surface area contributed by atoms with Crippen molar-refractivity contribution in [2.45, 2.75) is 19.8 Å². The lowest BCUT2D eigenvalue weighted by Crippen LogP contribution is -2.24. The van der Waals surface area contributed by atoms with Gasteiger partial charge in [-0.25, -0.2) is 0 Å². The summed E-state index contributed by atoms with van der Waals surface area (Å²) < 4.78 is 0.902. The first-order valence-corrected chi connectivity index (χ1v) is 7.12. The van der Waals surface area contributed by atoms with Crippen molar-refractivity contribution < 1.29 is 14.7 Å². The quantitative estimate of drug-likeness (QED) is 0.869. The summed E-state index contributed by atoms with van der Waals surface area (Å²) >= 11 is 4.69. The number of rotatable bonds is 3.